The van der Waals surface area contributed by atoms with Crippen molar-refractivity contribution in [3.8, 4) is 0 Å². The Morgan fingerprint density at radius 3 is 3.05 bits per heavy atom. The summed E-state index contributed by atoms with van der Waals surface area (Å²) in [5, 5.41) is 12.9. The number of aromatic nitrogens is 2. The molecule has 2 aromatic rings. The third kappa shape index (κ3) is 2.16. The Morgan fingerprint density at radius 2 is 2.37 bits per heavy atom. The number of aromatic carboxylic acids is 1. The molecule has 6 heteroatoms. The monoisotopic (exact) mass is 259 g/mol. The number of carboxylic acids is 1. The molecule has 0 saturated heterocycles. The quantitative estimate of drug-likeness (QED) is 0.902. The highest BCUT2D eigenvalue weighted by molar-refractivity contribution is 5.88. The predicted molar refractivity (Wildman–Crippen MR) is 67.2 cm³/mol. The van der Waals surface area contributed by atoms with Crippen LogP contribution in [0.1, 0.15) is 27.6 Å². The largest absolute Gasteiger partial charge is 0.478 e. The highest BCUT2D eigenvalue weighted by Crippen LogP contribution is 2.29. The van der Waals surface area contributed by atoms with Gasteiger partial charge in [-0.2, -0.15) is 4.98 Å². The van der Waals surface area contributed by atoms with E-state index in [1.165, 1.54) is 0 Å². The Labute approximate surface area is 109 Å². The molecule has 1 aliphatic rings. The average molecular weight is 259 g/mol. The smallest absolute Gasteiger partial charge is 0.335 e. The molecule has 0 saturated carbocycles. The maximum Gasteiger partial charge on any atom is 0.335 e. The van der Waals surface area contributed by atoms with Gasteiger partial charge in [-0.15, -0.1) is 0 Å². The SMILES string of the molecule is Cc1nc(CN2CCc3cc(C(=O)O)ccc32)no1. The minimum atomic E-state index is -0.893. The summed E-state index contributed by atoms with van der Waals surface area (Å²) in [5.74, 6) is 0.304. The van der Waals surface area contributed by atoms with Crippen molar-refractivity contribution in [3.05, 3.63) is 41.0 Å². The van der Waals surface area contributed by atoms with Crippen LogP contribution in [0.15, 0.2) is 22.7 Å². The summed E-state index contributed by atoms with van der Waals surface area (Å²) in [4.78, 5) is 17.2. The summed E-state index contributed by atoms with van der Waals surface area (Å²) in [6.45, 7) is 3.18. The minimum Gasteiger partial charge on any atom is -0.478 e. The molecule has 2 heterocycles. The third-order valence-corrected chi connectivity index (χ3v) is 3.22. The van der Waals surface area contributed by atoms with Crippen LogP contribution in [0, 0.1) is 6.92 Å². The van der Waals surface area contributed by atoms with Gasteiger partial charge in [0.15, 0.2) is 5.82 Å². The summed E-state index contributed by atoms with van der Waals surface area (Å²) in [6.07, 6.45) is 0.841. The fraction of sp³-hybridized carbons (Fsp3) is 0.308. The zero-order chi connectivity index (χ0) is 13.4. The zero-order valence-corrected chi connectivity index (χ0v) is 10.5. The number of hydrogen-bond donors (Lipinski definition) is 1. The van der Waals surface area contributed by atoms with Crippen LogP contribution >= 0.6 is 0 Å². The number of nitrogens with zero attached hydrogens (tertiary/aromatic N) is 3. The van der Waals surface area contributed by atoms with E-state index < -0.39 is 5.97 Å². The van der Waals surface area contributed by atoms with Gasteiger partial charge in [-0.25, -0.2) is 4.79 Å². The molecule has 3 rings (SSSR count). The Bertz CT molecular complexity index is 636. The number of rotatable bonds is 3. The molecule has 0 bridgehead atoms. The van der Waals surface area contributed by atoms with Crippen molar-refractivity contribution in [3.63, 3.8) is 0 Å². The van der Waals surface area contributed by atoms with Gasteiger partial charge in [0.25, 0.3) is 0 Å². The van der Waals surface area contributed by atoms with Crippen LogP contribution in [-0.4, -0.2) is 27.8 Å². The second-order valence-electron chi connectivity index (χ2n) is 4.55. The van der Waals surface area contributed by atoms with E-state index in [1.54, 1.807) is 19.1 Å². The Balaban J connectivity index is 1.84. The van der Waals surface area contributed by atoms with E-state index in [2.05, 4.69) is 15.0 Å². The number of benzene rings is 1. The van der Waals surface area contributed by atoms with Gasteiger partial charge >= 0.3 is 5.97 Å². The average Bonchev–Trinajstić information content (AvgIpc) is 2.96. The normalized spacial score (nSPS) is 13.6. The van der Waals surface area contributed by atoms with Crippen molar-refractivity contribution in [2.75, 3.05) is 11.4 Å². The first-order valence-corrected chi connectivity index (χ1v) is 6.04. The molecule has 1 aromatic heterocycles. The summed E-state index contributed by atoms with van der Waals surface area (Å²) in [7, 11) is 0. The molecule has 0 fully saturated rings. The van der Waals surface area contributed by atoms with E-state index in [-0.39, 0.29) is 0 Å². The van der Waals surface area contributed by atoms with Gasteiger partial charge in [0.05, 0.1) is 12.1 Å². The summed E-state index contributed by atoms with van der Waals surface area (Å²) in [5.41, 5.74) is 2.43. The second-order valence-corrected chi connectivity index (χ2v) is 4.55. The summed E-state index contributed by atoms with van der Waals surface area (Å²) >= 11 is 0. The lowest BCUT2D eigenvalue weighted by molar-refractivity contribution is 0.0697. The van der Waals surface area contributed by atoms with Crippen molar-refractivity contribution >= 4 is 11.7 Å². The van der Waals surface area contributed by atoms with Crippen LogP contribution in [0.25, 0.3) is 0 Å². The van der Waals surface area contributed by atoms with E-state index in [0.29, 0.717) is 23.8 Å². The van der Waals surface area contributed by atoms with Crippen LogP contribution in [-0.2, 0) is 13.0 Å². The van der Waals surface area contributed by atoms with E-state index in [1.807, 2.05) is 6.07 Å². The van der Waals surface area contributed by atoms with Gasteiger partial charge in [0.2, 0.25) is 5.89 Å². The maximum atomic E-state index is 10.9. The molecule has 1 aliphatic heterocycles. The molecule has 0 aliphatic carbocycles. The molecule has 0 radical (unpaired) electrons. The number of hydrogen-bond acceptors (Lipinski definition) is 5. The Kier molecular flexibility index (Phi) is 2.70. The number of anilines is 1. The number of aryl methyl sites for hydroxylation is 1. The first-order chi connectivity index (χ1) is 9.13. The van der Waals surface area contributed by atoms with Crippen molar-refractivity contribution in [2.45, 2.75) is 19.9 Å². The van der Waals surface area contributed by atoms with Crippen molar-refractivity contribution in [2.24, 2.45) is 0 Å². The molecule has 1 aromatic carbocycles. The lowest BCUT2D eigenvalue weighted by atomic mass is 10.1. The third-order valence-electron chi connectivity index (χ3n) is 3.22. The first-order valence-electron chi connectivity index (χ1n) is 6.04. The summed E-state index contributed by atoms with van der Waals surface area (Å²) in [6, 6.07) is 5.21. The van der Waals surface area contributed by atoms with E-state index >= 15 is 0 Å². The van der Waals surface area contributed by atoms with Crippen molar-refractivity contribution in [1.29, 1.82) is 0 Å². The fourth-order valence-electron chi connectivity index (χ4n) is 2.34. The molecule has 19 heavy (non-hydrogen) atoms. The van der Waals surface area contributed by atoms with Gasteiger partial charge in [-0.05, 0) is 30.2 Å². The topological polar surface area (TPSA) is 79.5 Å². The lowest BCUT2D eigenvalue weighted by Crippen LogP contribution is -2.20. The van der Waals surface area contributed by atoms with Crippen LogP contribution in [0.4, 0.5) is 5.69 Å². The molecule has 98 valence electrons. The lowest BCUT2D eigenvalue weighted by Gasteiger charge is -2.17. The number of carbonyl (C=O) groups is 1. The maximum absolute atomic E-state index is 10.9. The van der Waals surface area contributed by atoms with Gasteiger partial charge in [0.1, 0.15) is 0 Å². The fourth-order valence-corrected chi connectivity index (χ4v) is 2.34. The Hall–Kier alpha value is -2.37. The van der Waals surface area contributed by atoms with E-state index in [0.717, 1.165) is 24.2 Å². The van der Waals surface area contributed by atoms with Gasteiger partial charge in [-0.3, -0.25) is 0 Å². The highest BCUT2D eigenvalue weighted by atomic mass is 16.5. The van der Waals surface area contributed by atoms with Crippen LogP contribution in [0.3, 0.4) is 0 Å². The van der Waals surface area contributed by atoms with Gasteiger partial charge in [-0.1, -0.05) is 5.16 Å². The zero-order valence-electron chi connectivity index (χ0n) is 10.5. The van der Waals surface area contributed by atoms with Gasteiger partial charge in [0, 0.05) is 19.2 Å². The van der Waals surface area contributed by atoms with E-state index in [9.17, 15) is 4.79 Å². The van der Waals surface area contributed by atoms with Crippen LogP contribution < -0.4 is 4.90 Å². The first kappa shape index (κ1) is 11.7. The number of fused-ring (bicyclic) bond motifs is 1. The summed E-state index contributed by atoms with van der Waals surface area (Å²) < 4.78 is 4.95. The molecule has 0 spiro atoms. The predicted octanol–water partition coefficient (Wildman–Crippen LogP) is 1.64. The standard InChI is InChI=1S/C13H13N3O3/c1-8-14-12(15-19-8)7-16-5-4-9-6-10(13(17)18)2-3-11(9)16/h2-3,6H,4-5,7H2,1H3,(H,17,18). The molecule has 0 unspecified atom stereocenters. The molecule has 6 nitrogen and oxygen atoms in total. The van der Waals surface area contributed by atoms with E-state index in [4.69, 9.17) is 9.63 Å². The molecule has 0 atom stereocenters. The molecule has 1 N–H and O–H groups in total. The van der Waals surface area contributed by atoms with Crippen LogP contribution in [0.5, 0.6) is 0 Å². The molecular formula is C13H13N3O3. The number of carboxylic acid groups (broad SMARTS) is 1. The minimum absolute atomic E-state index is 0.330. The Morgan fingerprint density at radius 1 is 1.53 bits per heavy atom. The molecule has 0 amide bonds. The molecular weight excluding hydrogens is 246 g/mol. The van der Waals surface area contributed by atoms with Crippen molar-refractivity contribution < 1.29 is 14.4 Å². The second kappa shape index (κ2) is 4.38. The van der Waals surface area contributed by atoms with Gasteiger partial charge < -0.3 is 14.5 Å². The van der Waals surface area contributed by atoms with Crippen molar-refractivity contribution in [1.82, 2.24) is 10.1 Å². The highest BCUT2D eigenvalue weighted by Gasteiger charge is 2.21. The van der Waals surface area contributed by atoms with Crippen LogP contribution in [0.2, 0.25) is 0 Å².